The Labute approximate surface area is 152 Å². The van der Waals surface area contributed by atoms with Gasteiger partial charge in [0.1, 0.15) is 5.82 Å². The molecular formula is C20H23FN3O2+. The smallest absolute Gasteiger partial charge is 0.279 e. The minimum absolute atomic E-state index is 0.0000414. The second-order valence-electron chi connectivity index (χ2n) is 6.55. The number of halogens is 1. The van der Waals surface area contributed by atoms with Crippen molar-refractivity contribution in [3.05, 3.63) is 59.9 Å². The number of ketones is 1. The van der Waals surface area contributed by atoms with Gasteiger partial charge in [0.25, 0.3) is 5.91 Å². The summed E-state index contributed by atoms with van der Waals surface area (Å²) in [5.41, 5.74) is 1.93. The predicted molar refractivity (Wildman–Crippen MR) is 99.3 cm³/mol. The van der Waals surface area contributed by atoms with Gasteiger partial charge < -0.3 is 15.1 Å². The number of carbonyl (C=O) groups is 2. The van der Waals surface area contributed by atoms with E-state index in [0.29, 0.717) is 23.5 Å². The molecule has 0 unspecified atom stereocenters. The zero-order valence-corrected chi connectivity index (χ0v) is 14.8. The van der Waals surface area contributed by atoms with Gasteiger partial charge in [0.2, 0.25) is 0 Å². The summed E-state index contributed by atoms with van der Waals surface area (Å²) in [4.78, 5) is 26.7. The van der Waals surface area contributed by atoms with Gasteiger partial charge in [-0.05, 0) is 43.3 Å². The molecule has 0 aromatic heterocycles. The lowest BCUT2D eigenvalue weighted by atomic mass is 10.1. The van der Waals surface area contributed by atoms with Crippen LogP contribution < -0.4 is 15.1 Å². The number of nitrogens with zero attached hydrogens (tertiary/aromatic N) is 1. The molecule has 1 saturated heterocycles. The Kier molecular flexibility index (Phi) is 5.63. The number of quaternary nitrogens is 1. The van der Waals surface area contributed by atoms with Gasteiger partial charge in [-0.3, -0.25) is 9.59 Å². The highest BCUT2D eigenvalue weighted by molar-refractivity contribution is 5.95. The van der Waals surface area contributed by atoms with E-state index in [4.69, 9.17) is 0 Å². The molecule has 0 saturated carbocycles. The number of Topliss-reactive ketones (excluding diaryl/α,β-unsaturated/α-hetero) is 1. The van der Waals surface area contributed by atoms with Gasteiger partial charge in [0, 0.05) is 11.3 Å². The lowest BCUT2D eigenvalue weighted by Crippen LogP contribution is -3.15. The Morgan fingerprint density at radius 3 is 2.35 bits per heavy atom. The van der Waals surface area contributed by atoms with Crippen LogP contribution in [0.5, 0.6) is 0 Å². The van der Waals surface area contributed by atoms with Crippen molar-refractivity contribution in [3.63, 3.8) is 0 Å². The fraction of sp³-hybridized carbons (Fsp3) is 0.300. The van der Waals surface area contributed by atoms with Gasteiger partial charge in [-0.25, -0.2) is 4.39 Å². The molecule has 5 nitrogen and oxygen atoms in total. The molecule has 0 bridgehead atoms. The van der Waals surface area contributed by atoms with Crippen molar-refractivity contribution in [3.8, 4) is 0 Å². The monoisotopic (exact) mass is 356 g/mol. The minimum Gasteiger partial charge on any atom is -0.358 e. The highest BCUT2D eigenvalue weighted by Gasteiger charge is 2.23. The maximum absolute atomic E-state index is 13.9. The van der Waals surface area contributed by atoms with Gasteiger partial charge in [-0.2, -0.15) is 0 Å². The van der Waals surface area contributed by atoms with Crippen LogP contribution in [0, 0.1) is 5.82 Å². The van der Waals surface area contributed by atoms with Crippen LogP contribution in [-0.4, -0.2) is 44.4 Å². The van der Waals surface area contributed by atoms with Crippen LogP contribution in [-0.2, 0) is 4.79 Å². The summed E-state index contributed by atoms with van der Waals surface area (Å²) in [5, 5.41) is 2.86. The van der Waals surface area contributed by atoms with Crippen molar-refractivity contribution in [1.29, 1.82) is 0 Å². The number of rotatable bonds is 5. The highest BCUT2D eigenvalue weighted by atomic mass is 19.1. The van der Waals surface area contributed by atoms with Crippen molar-refractivity contribution in [2.24, 2.45) is 0 Å². The first-order chi connectivity index (χ1) is 12.5. The zero-order chi connectivity index (χ0) is 18.5. The van der Waals surface area contributed by atoms with E-state index in [-0.39, 0.29) is 17.5 Å². The molecule has 0 atom stereocenters. The van der Waals surface area contributed by atoms with E-state index in [1.165, 1.54) is 17.9 Å². The zero-order valence-electron chi connectivity index (χ0n) is 14.8. The van der Waals surface area contributed by atoms with Crippen LogP contribution in [0.1, 0.15) is 17.3 Å². The van der Waals surface area contributed by atoms with Crippen LogP contribution in [0.3, 0.4) is 0 Å². The Bertz CT molecular complexity index is 784. The van der Waals surface area contributed by atoms with Crippen molar-refractivity contribution in [2.75, 3.05) is 42.9 Å². The Balaban J connectivity index is 1.49. The van der Waals surface area contributed by atoms with E-state index in [2.05, 4.69) is 5.32 Å². The van der Waals surface area contributed by atoms with Gasteiger partial charge in [-0.15, -0.1) is 0 Å². The summed E-state index contributed by atoms with van der Waals surface area (Å²) in [6, 6.07) is 13.7. The molecule has 26 heavy (non-hydrogen) atoms. The summed E-state index contributed by atoms with van der Waals surface area (Å²) >= 11 is 0. The molecule has 136 valence electrons. The second-order valence-corrected chi connectivity index (χ2v) is 6.55. The summed E-state index contributed by atoms with van der Waals surface area (Å²) in [6.45, 7) is 4.89. The van der Waals surface area contributed by atoms with E-state index < -0.39 is 0 Å². The number of benzene rings is 2. The number of hydrogen-bond acceptors (Lipinski definition) is 3. The number of para-hydroxylation sites is 1. The molecule has 6 heteroatoms. The molecule has 1 aliphatic heterocycles. The van der Waals surface area contributed by atoms with E-state index in [9.17, 15) is 14.0 Å². The lowest BCUT2D eigenvalue weighted by Gasteiger charge is -2.33. The van der Waals surface area contributed by atoms with Crippen molar-refractivity contribution < 1.29 is 18.9 Å². The van der Waals surface area contributed by atoms with Crippen molar-refractivity contribution >= 4 is 23.1 Å². The summed E-state index contributed by atoms with van der Waals surface area (Å²) in [5.74, 6) is -0.266. The van der Waals surface area contributed by atoms with Gasteiger partial charge in [-0.1, -0.05) is 12.1 Å². The molecule has 2 N–H and O–H groups in total. The topological polar surface area (TPSA) is 53.9 Å². The van der Waals surface area contributed by atoms with Crippen molar-refractivity contribution in [1.82, 2.24) is 0 Å². The normalized spacial score (nSPS) is 14.9. The summed E-state index contributed by atoms with van der Waals surface area (Å²) in [7, 11) is 0. The predicted octanol–water partition coefficient (Wildman–Crippen LogP) is 1.37. The van der Waals surface area contributed by atoms with Gasteiger partial charge in [0.05, 0.1) is 31.9 Å². The summed E-state index contributed by atoms with van der Waals surface area (Å²) in [6.07, 6.45) is 0. The molecule has 1 aliphatic rings. The molecule has 2 aromatic rings. The molecule has 3 rings (SSSR count). The third-order valence-electron chi connectivity index (χ3n) is 4.65. The third-order valence-corrected chi connectivity index (χ3v) is 4.65. The van der Waals surface area contributed by atoms with Crippen LogP contribution >= 0.6 is 0 Å². The Morgan fingerprint density at radius 1 is 1.08 bits per heavy atom. The standard InChI is InChI=1S/C20H22FN3O2/c1-15(25)16-6-8-17(9-7-16)22-20(26)14-23-10-12-24(13-11-23)19-5-3-2-4-18(19)21/h2-9H,10-14H2,1H3,(H,22,26)/p+1. The number of amides is 1. The van der Waals surface area contributed by atoms with E-state index >= 15 is 0 Å². The number of carbonyl (C=O) groups excluding carboxylic acids is 2. The van der Waals surface area contributed by atoms with E-state index in [1.807, 2.05) is 11.0 Å². The maximum Gasteiger partial charge on any atom is 0.279 e. The summed E-state index contributed by atoms with van der Waals surface area (Å²) < 4.78 is 13.9. The average molecular weight is 356 g/mol. The Hall–Kier alpha value is -2.73. The second kappa shape index (κ2) is 8.10. The quantitative estimate of drug-likeness (QED) is 0.796. The molecule has 0 aliphatic carbocycles. The molecule has 1 heterocycles. The number of hydrogen-bond donors (Lipinski definition) is 2. The van der Waals surface area contributed by atoms with Crippen LogP contribution in [0.25, 0.3) is 0 Å². The largest absolute Gasteiger partial charge is 0.358 e. The van der Waals surface area contributed by atoms with Gasteiger partial charge >= 0.3 is 0 Å². The van der Waals surface area contributed by atoms with Crippen LogP contribution in [0.4, 0.5) is 15.8 Å². The first-order valence-electron chi connectivity index (χ1n) is 8.77. The molecule has 2 aromatic carbocycles. The SMILES string of the molecule is CC(=O)c1ccc(NC(=O)C[NH+]2CCN(c3ccccc3F)CC2)cc1. The fourth-order valence-electron chi connectivity index (χ4n) is 3.17. The fourth-order valence-corrected chi connectivity index (χ4v) is 3.17. The van der Waals surface area contributed by atoms with Crippen LogP contribution in [0.15, 0.2) is 48.5 Å². The number of piperazine rings is 1. The molecule has 0 spiro atoms. The van der Waals surface area contributed by atoms with Crippen LogP contribution in [0.2, 0.25) is 0 Å². The number of nitrogens with one attached hydrogen (secondary N) is 2. The number of anilines is 2. The first-order valence-corrected chi connectivity index (χ1v) is 8.77. The first kappa shape index (κ1) is 18.1. The van der Waals surface area contributed by atoms with E-state index in [0.717, 1.165) is 26.2 Å². The molecular weight excluding hydrogens is 333 g/mol. The van der Waals surface area contributed by atoms with Crippen molar-refractivity contribution in [2.45, 2.75) is 6.92 Å². The van der Waals surface area contributed by atoms with E-state index in [1.54, 1.807) is 36.4 Å². The molecule has 0 radical (unpaired) electrons. The molecule has 1 fully saturated rings. The average Bonchev–Trinajstić information content (AvgIpc) is 2.63. The molecule has 1 amide bonds. The van der Waals surface area contributed by atoms with Gasteiger partial charge in [0.15, 0.2) is 12.3 Å². The minimum atomic E-state index is -0.206. The highest BCUT2D eigenvalue weighted by Crippen LogP contribution is 2.18. The Morgan fingerprint density at radius 2 is 1.73 bits per heavy atom. The lowest BCUT2D eigenvalue weighted by molar-refractivity contribution is -0.892. The third kappa shape index (κ3) is 4.46. The maximum atomic E-state index is 13.9.